The monoisotopic (exact) mass is 370 g/mol. The zero-order valence-electron chi connectivity index (χ0n) is 12.5. The molecule has 2 rings (SSSR count). The van der Waals surface area contributed by atoms with E-state index >= 15 is 0 Å². The topological polar surface area (TPSA) is 32.3 Å². The Morgan fingerprint density at radius 1 is 1.33 bits per heavy atom. The van der Waals surface area contributed by atoms with Gasteiger partial charge in [0, 0.05) is 28.5 Å². The van der Waals surface area contributed by atoms with Gasteiger partial charge in [-0.1, -0.05) is 22.9 Å². The van der Waals surface area contributed by atoms with Gasteiger partial charge in [-0.3, -0.25) is 4.79 Å². The number of benzene rings is 1. The Kier molecular flexibility index (Phi) is 7.07. The first-order valence-corrected chi connectivity index (χ1v) is 9.35. The normalized spacial score (nSPS) is 16.9. The predicted molar refractivity (Wildman–Crippen MR) is 92.8 cm³/mol. The van der Waals surface area contributed by atoms with E-state index in [-0.39, 0.29) is 5.91 Å². The van der Waals surface area contributed by atoms with Crippen LogP contribution in [0.2, 0.25) is 0 Å². The van der Waals surface area contributed by atoms with Gasteiger partial charge in [0.2, 0.25) is 5.91 Å². The molecule has 1 N–H and O–H groups in total. The van der Waals surface area contributed by atoms with E-state index in [1.54, 1.807) is 11.8 Å². The van der Waals surface area contributed by atoms with E-state index in [1.807, 2.05) is 24.3 Å². The maximum absolute atomic E-state index is 12.0. The summed E-state index contributed by atoms with van der Waals surface area (Å²) < 4.78 is 1.06. The summed E-state index contributed by atoms with van der Waals surface area (Å²) in [7, 11) is 0. The molecule has 3 nitrogen and oxygen atoms in total. The van der Waals surface area contributed by atoms with E-state index in [9.17, 15) is 4.79 Å². The molecular weight excluding hydrogens is 348 g/mol. The maximum atomic E-state index is 12.0. The van der Waals surface area contributed by atoms with Crippen molar-refractivity contribution >= 4 is 33.6 Å². The smallest absolute Gasteiger partial charge is 0.230 e. The van der Waals surface area contributed by atoms with Crippen LogP contribution in [0.15, 0.2) is 33.6 Å². The second-order valence-corrected chi connectivity index (χ2v) is 7.39. The van der Waals surface area contributed by atoms with Crippen LogP contribution >= 0.6 is 27.7 Å². The summed E-state index contributed by atoms with van der Waals surface area (Å²) in [6, 6.07) is 8.43. The second-order valence-electron chi connectivity index (χ2n) is 5.43. The SMILES string of the molecule is CCCN1CCC(NC(=O)CSc2ccc(Br)cc2)CC1. The first kappa shape index (κ1) is 16.8. The molecule has 0 spiro atoms. The number of hydrogen-bond acceptors (Lipinski definition) is 3. The van der Waals surface area contributed by atoms with Gasteiger partial charge in [0.1, 0.15) is 0 Å². The van der Waals surface area contributed by atoms with Crippen molar-refractivity contribution in [2.75, 3.05) is 25.4 Å². The zero-order chi connectivity index (χ0) is 15.1. The molecule has 5 heteroatoms. The van der Waals surface area contributed by atoms with Crippen molar-refractivity contribution in [2.45, 2.75) is 37.1 Å². The van der Waals surface area contributed by atoms with Crippen molar-refractivity contribution in [3.05, 3.63) is 28.7 Å². The maximum Gasteiger partial charge on any atom is 0.230 e. The molecule has 1 amide bonds. The van der Waals surface area contributed by atoms with Crippen LogP contribution in [0.25, 0.3) is 0 Å². The first-order valence-electron chi connectivity index (χ1n) is 7.57. The molecule has 0 unspecified atom stereocenters. The molecule has 21 heavy (non-hydrogen) atoms. The van der Waals surface area contributed by atoms with Crippen LogP contribution in [0, 0.1) is 0 Å². The molecule has 116 valence electrons. The second kappa shape index (κ2) is 8.81. The number of carbonyl (C=O) groups excluding carboxylic acids is 1. The Morgan fingerprint density at radius 2 is 2.00 bits per heavy atom. The molecule has 0 saturated carbocycles. The van der Waals surface area contributed by atoms with Gasteiger partial charge in [0.25, 0.3) is 0 Å². The van der Waals surface area contributed by atoms with Crippen molar-refractivity contribution in [2.24, 2.45) is 0 Å². The number of rotatable bonds is 6. The average molecular weight is 371 g/mol. The van der Waals surface area contributed by atoms with E-state index < -0.39 is 0 Å². The van der Waals surface area contributed by atoms with Crippen LogP contribution in [0.3, 0.4) is 0 Å². The number of halogens is 1. The molecular formula is C16H23BrN2OS. The fourth-order valence-electron chi connectivity index (χ4n) is 2.57. The van der Waals surface area contributed by atoms with Crippen LogP contribution in [-0.2, 0) is 4.79 Å². The number of nitrogens with one attached hydrogen (secondary N) is 1. The van der Waals surface area contributed by atoms with Crippen LogP contribution in [0.1, 0.15) is 26.2 Å². The Labute approximate surface area is 140 Å². The molecule has 1 fully saturated rings. The summed E-state index contributed by atoms with van der Waals surface area (Å²) in [5.74, 6) is 0.647. The minimum atomic E-state index is 0.150. The zero-order valence-corrected chi connectivity index (χ0v) is 14.9. The third-order valence-electron chi connectivity index (χ3n) is 3.68. The highest BCUT2D eigenvalue weighted by molar-refractivity contribution is 9.10. The summed E-state index contributed by atoms with van der Waals surface area (Å²) >= 11 is 5.01. The van der Waals surface area contributed by atoms with Gasteiger partial charge in [-0.2, -0.15) is 0 Å². The molecule has 0 bridgehead atoms. The third kappa shape index (κ3) is 6.01. The lowest BCUT2D eigenvalue weighted by Gasteiger charge is -2.32. The number of carbonyl (C=O) groups is 1. The van der Waals surface area contributed by atoms with Crippen molar-refractivity contribution in [3.8, 4) is 0 Å². The molecule has 1 heterocycles. The first-order chi connectivity index (χ1) is 10.2. The van der Waals surface area contributed by atoms with Crippen LogP contribution in [-0.4, -0.2) is 42.2 Å². The van der Waals surface area contributed by atoms with E-state index in [2.05, 4.69) is 33.1 Å². The molecule has 1 saturated heterocycles. The average Bonchev–Trinajstić information content (AvgIpc) is 2.49. The molecule has 0 aromatic heterocycles. The van der Waals surface area contributed by atoms with Crippen LogP contribution in [0.5, 0.6) is 0 Å². The minimum Gasteiger partial charge on any atom is -0.353 e. The molecule has 1 aliphatic heterocycles. The molecule has 0 radical (unpaired) electrons. The van der Waals surface area contributed by atoms with Crippen molar-refractivity contribution in [3.63, 3.8) is 0 Å². The number of piperidine rings is 1. The fraction of sp³-hybridized carbons (Fsp3) is 0.562. The predicted octanol–water partition coefficient (Wildman–Crippen LogP) is 3.53. The Hall–Kier alpha value is -0.520. The van der Waals surface area contributed by atoms with Crippen LogP contribution in [0.4, 0.5) is 0 Å². The number of thioether (sulfide) groups is 1. The Balaban J connectivity index is 1.67. The number of amides is 1. The Morgan fingerprint density at radius 3 is 2.62 bits per heavy atom. The van der Waals surface area contributed by atoms with E-state index in [1.165, 1.54) is 13.0 Å². The van der Waals surface area contributed by atoms with Gasteiger partial charge < -0.3 is 10.2 Å². The summed E-state index contributed by atoms with van der Waals surface area (Å²) in [5.41, 5.74) is 0. The molecule has 1 aromatic rings. The van der Waals surface area contributed by atoms with Gasteiger partial charge in [0.15, 0.2) is 0 Å². The summed E-state index contributed by atoms with van der Waals surface area (Å²) in [4.78, 5) is 15.6. The lowest BCUT2D eigenvalue weighted by Crippen LogP contribution is -2.45. The Bertz CT molecular complexity index is 444. The van der Waals surface area contributed by atoms with Crippen molar-refractivity contribution < 1.29 is 4.79 Å². The molecule has 1 aliphatic rings. The molecule has 1 aromatic carbocycles. The summed E-state index contributed by atoms with van der Waals surface area (Å²) in [6.45, 7) is 5.62. The minimum absolute atomic E-state index is 0.150. The van der Waals surface area contributed by atoms with E-state index in [0.29, 0.717) is 11.8 Å². The summed E-state index contributed by atoms with van der Waals surface area (Å²) in [6.07, 6.45) is 3.37. The standard InChI is InChI=1S/C16H23BrN2OS/c1-2-9-19-10-7-14(8-11-19)18-16(20)12-21-15-5-3-13(17)4-6-15/h3-6,14H,2,7-12H2,1H3,(H,18,20). The number of likely N-dealkylation sites (tertiary alicyclic amines) is 1. The number of nitrogens with zero attached hydrogens (tertiary/aromatic N) is 1. The molecule has 0 aliphatic carbocycles. The molecule has 0 atom stereocenters. The quantitative estimate of drug-likeness (QED) is 0.777. The number of hydrogen-bond donors (Lipinski definition) is 1. The van der Waals surface area contributed by atoms with E-state index in [0.717, 1.165) is 35.3 Å². The van der Waals surface area contributed by atoms with Gasteiger partial charge in [0.05, 0.1) is 5.75 Å². The van der Waals surface area contributed by atoms with Crippen LogP contribution < -0.4 is 5.32 Å². The van der Waals surface area contributed by atoms with Gasteiger partial charge >= 0.3 is 0 Å². The lowest BCUT2D eigenvalue weighted by atomic mass is 10.1. The van der Waals surface area contributed by atoms with Crippen molar-refractivity contribution in [1.82, 2.24) is 10.2 Å². The highest BCUT2D eigenvalue weighted by atomic mass is 79.9. The summed E-state index contributed by atoms with van der Waals surface area (Å²) in [5, 5.41) is 3.17. The fourth-order valence-corrected chi connectivity index (χ4v) is 3.54. The van der Waals surface area contributed by atoms with E-state index in [4.69, 9.17) is 0 Å². The highest BCUT2D eigenvalue weighted by Crippen LogP contribution is 2.20. The van der Waals surface area contributed by atoms with Gasteiger partial charge in [-0.05, 0) is 50.1 Å². The largest absolute Gasteiger partial charge is 0.353 e. The lowest BCUT2D eigenvalue weighted by molar-refractivity contribution is -0.119. The van der Waals surface area contributed by atoms with Gasteiger partial charge in [-0.15, -0.1) is 11.8 Å². The van der Waals surface area contributed by atoms with Crippen molar-refractivity contribution in [1.29, 1.82) is 0 Å². The highest BCUT2D eigenvalue weighted by Gasteiger charge is 2.19. The van der Waals surface area contributed by atoms with Gasteiger partial charge in [-0.25, -0.2) is 0 Å². The third-order valence-corrected chi connectivity index (χ3v) is 5.22.